The lowest BCUT2D eigenvalue weighted by molar-refractivity contribution is -0.127. The summed E-state index contributed by atoms with van der Waals surface area (Å²) in [6.45, 7) is 10.5. The standard InChI is InChI=1S/C18H27ClN2O/c1-12(14-10-20-11-14)17(22)21-16(9-18(2,3)4)13-5-7-15(19)8-6-13/h5-8,12,14,16,20H,9-11H2,1-4H3,(H,21,22). The molecule has 122 valence electrons. The van der Waals surface area contributed by atoms with Crippen LogP contribution in [0.5, 0.6) is 0 Å². The lowest BCUT2D eigenvalue weighted by atomic mass is 9.84. The van der Waals surface area contributed by atoms with Crippen LogP contribution in [0.2, 0.25) is 5.02 Å². The smallest absolute Gasteiger partial charge is 0.223 e. The molecule has 2 unspecified atom stereocenters. The van der Waals surface area contributed by atoms with E-state index in [1.54, 1.807) is 0 Å². The van der Waals surface area contributed by atoms with E-state index in [0.29, 0.717) is 5.92 Å². The highest BCUT2D eigenvalue weighted by molar-refractivity contribution is 6.30. The van der Waals surface area contributed by atoms with Gasteiger partial charge in [0.1, 0.15) is 0 Å². The van der Waals surface area contributed by atoms with Crippen molar-refractivity contribution in [3.63, 3.8) is 0 Å². The molecule has 2 N–H and O–H groups in total. The van der Waals surface area contributed by atoms with Crippen LogP contribution in [0.4, 0.5) is 0 Å². The number of hydrogen-bond donors (Lipinski definition) is 2. The Morgan fingerprint density at radius 2 is 1.91 bits per heavy atom. The number of nitrogens with one attached hydrogen (secondary N) is 2. The Hall–Kier alpha value is -1.06. The van der Waals surface area contributed by atoms with Crippen molar-refractivity contribution >= 4 is 17.5 Å². The van der Waals surface area contributed by atoms with Crippen LogP contribution in [-0.4, -0.2) is 19.0 Å². The molecule has 0 spiro atoms. The predicted octanol–water partition coefficient (Wildman–Crippen LogP) is 3.79. The lowest BCUT2D eigenvalue weighted by Crippen LogP contribution is -2.50. The summed E-state index contributed by atoms with van der Waals surface area (Å²) in [5, 5.41) is 7.20. The third-order valence-electron chi connectivity index (χ3n) is 4.34. The van der Waals surface area contributed by atoms with Crippen molar-refractivity contribution in [3.8, 4) is 0 Å². The Balaban J connectivity index is 2.10. The number of amides is 1. The van der Waals surface area contributed by atoms with E-state index in [0.717, 1.165) is 30.1 Å². The van der Waals surface area contributed by atoms with Crippen molar-refractivity contribution in [3.05, 3.63) is 34.9 Å². The molecule has 1 aliphatic rings. The lowest BCUT2D eigenvalue weighted by Gasteiger charge is -2.34. The minimum atomic E-state index is 0.0280. The average molecular weight is 323 g/mol. The van der Waals surface area contributed by atoms with Crippen molar-refractivity contribution in [2.75, 3.05) is 13.1 Å². The first-order valence-corrected chi connectivity index (χ1v) is 8.40. The molecule has 1 heterocycles. The Labute approximate surface area is 138 Å². The molecule has 1 aromatic carbocycles. The van der Waals surface area contributed by atoms with E-state index in [9.17, 15) is 4.79 Å². The molecular weight excluding hydrogens is 296 g/mol. The molecule has 0 aromatic heterocycles. The van der Waals surface area contributed by atoms with Gasteiger partial charge in [0.2, 0.25) is 5.91 Å². The van der Waals surface area contributed by atoms with Gasteiger partial charge in [0.05, 0.1) is 6.04 Å². The fraction of sp³-hybridized carbons (Fsp3) is 0.611. The van der Waals surface area contributed by atoms with Crippen molar-refractivity contribution in [2.24, 2.45) is 17.3 Å². The van der Waals surface area contributed by atoms with Crippen LogP contribution < -0.4 is 10.6 Å². The second-order valence-corrected chi connectivity index (χ2v) is 8.02. The van der Waals surface area contributed by atoms with Gasteiger partial charge in [-0.25, -0.2) is 0 Å². The maximum Gasteiger partial charge on any atom is 0.223 e. The average Bonchev–Trinajstić information content (AvgIpc) is 2.35. The van der Waals surface area contributed by atoms with E-state index in [2.05, 4.69) is 31.4 Å². The minimum Gasteiger partial charge on any atom is -0.349 e. The summed E-state index contributed by atoms with van der Waals surface area (Å²) in [5.41, 5.74) is 1.25. The van der Waals surface area contributed by atoms with Gasteiger partial charge < -0.3 is 10.6 Å². The van der Waals surface area contributed by atoms with Gasteiger partial charge >= 0.3 is 0 Å². The number of carbonyl (C=O) groups excluding carboxylic acids is 1. The Bertz CT molecular complexity index is 503. The third-order valence-corrected chi connectivity index (χ3v) is 4.59. The number of halogens is 1. The minimum absolute atomic E-state index is 0.0280. The van der Waals surface area contributed by atoms with Gasteiger partial charge in [-0.2, -0.15) is 0 Å². The predicted molar refractivity (Wildman–Crippen MR) is 91.9 cm³/mol. The van der Waals surface area contributed by atoms with Crippen LogP contribution >= 0.6 is 11.6 Å². The fourth-order valence-corrected chi connectivity index (χ4v) is 2.87. The van der Waals surface area contributed by atoms with Crippen LogP contribution in [0.25, 0.3) is 0 Å². The van der Waals surface area contributed by atoms with Gasteiger partial charge in [-0.3, -0.25) is 4.79 Å². The highest BCUT2D eigenvalue weighted by Gasteiger charge is 2.31. The molecule has 1 amide bonds. The zero-order chi connectivity index (χ0) is 16.3. The third kappa shape index (κ3) is 4.72. The van der Waals surface area contributed by atoms with Crippen molar-refractivity contribution < 1.29 is 4.79 Å². The van der Waals surface area contributed by atoms with Crippen LogP contribution in [0.3, 0.4) is 0 Å². The van der Waals surface area contributed by atoms with E-state index < -0.39 is 0 Å². The number of hydrogen-bond acceptors (Lipinski definition) is 2. The molecule has 2 rings (SSSR count). The molecule has 2 atom stereocenters. The first kappa shape index (κ1) is 17.3. The second kappa shape index (κ2) is 7.01. The van der Waals surface area contributed by atoms with Crippen molar-refractivity contribution in [1.82, 2.24) is 10.6 Å². The maximum absolute atomic E-state index is 12.5. The summed E-state index contributed by atoms with van der Waals surface area (Å²) in [6.07, 6.45) is 0.899. The zero-order valence-corrected chi connectivity index (χ0v) is 14.7. The normalized spacial score (nSPS) is 18.4. The summed E-state index contributed by atoms with van der Waals surface area (Å²) >= 11 is 5.98. The SMILES string of the molecule is CC(C(=O)NC(CC(C)(C)C)c1ccc(Cl)cc1)C1CNC1. The summed E-state index contributed by atoms with van der Waals surface area (Å²) in [4.78, 5) is 12.5. The largest absolute Gasteiger partial charge is 0.349 e. The van der Waals surface area contributed by atoms with Gasteiger partial charge in [0.25, 0.3) is 0 Å². The Morgan fingerprint density at radius 3 is 2.36 bits per heavy atom. The second-order valence-electron chi connectivity index (χ2n) is 7.58. The summed E-state index contributed by atoms with van der Waals surface area (Å²) in [7, 11) is 0. The van der Waals surface area contributed by atoms with Crippen LogP contribution in [-0.2, 0) is 4.79 Å². The Kier molecular flexibility index (Phi) is 5.51. The Morgan fingerprint density at radius 1 is 1.32 bits per heavy atom. The van der Waals surface area contributed by atoms with Gasteiger partial charge in [-0.15, -0.1) is 0 Å². The van der Waals surface area contributed by atoms with E-state index in [-0.39, 0.29) is 23.3 Å². The zero-order valence-electron chi connectivity index (χ0n) is 13.9. The van der Waals surface area contributed by atoms with Gasteiger partial charge in [0, 0.05) is 10.9 Å². The first-order chi connectivity index (χ1) is 10.3. The molecule has 1 fully saturated rings. The molecule has 0 saturated carbocycles. The highest BCUT2D eigenvalue weighted by Crippen LogP contribution is 2.30. The van der Waals surface area contributed by atoms with Crippen molar-refractivity contribution in [2.45, 2.75) is 40.2 Å². The number of benzene rings is 1. The quantitative estimate of drug-likeness (QED) is 0.866. The topological polar surface area (TPSA) is 41.1 Å². The van der Waals surface area contributed by atoms with E-state index in [1.807, 2.05) is 31.2 Å². The molecule has 4 heteroatoms. The monoisotopic (exact) mass is 322 g/mol. The molecule has 1 saturated heterocycles. The maximum atomic E-state index is 12.5. The van der Waals surface area contributed by atoms with E-state index in [4.69, 9.17) is 11.6 Å². The molecule has 0 bridgehead atoms. The number of carbonyl (C=O) groups is 1. The molecular formula is C18H27ClN2O. The van der Waals surface area contributed by atoms with Crippen LogP contribution in [0.1, 0.15) is 45.7 Å². The van der Waals surface area contributed by atoms with Crippen LogP contribution in [0, 0.1) is 17.3 Å². The van der Waals surface area contributed by atoms with Gasteiger partial charge in [-0.1, -0.05) is 51.4 Å². The fourth-order valence-electron chi connectivity index (χ4n) is 2.74. The summed E-state index contributed by atoms with van der Waals surface area (Å²) < 4.78 is 0. The van der Waals surface area contributed by atoms with Crippen molar-refractivity contribution in [1.29, 1.82) is 0 Å². The summed E-state index contributed by atoms with van der Waals surface area (Å²) in [6, 6.07) is 7.82. The molecule has 1 aromatic rings. The van der Waals surface area contributed by atoms with E-state index in [1.165, 1.54) is 0 Å². The number of rotatable bonds is 5. The van der Waals surface area contributed by atoms with Crippen LogP contribution in [0.15, 0.2) is 24.3 Å². The molecule has 3 nitrogen and oxygen atoms in total. The van der Waals surface area contributed by atoms with Gasteiger partial charge in [0.15, 0.2) is 0 Å². The molecule has 0 aliphatic carbocycles. The first-order valence-electron chi connectivity index (χ1n) is 8.03. The summed E-state index contributed by atoms with van der Waals surface area (Å²) in [5.74, 6) is 0.659. The van der Waals surface area contributed by atoms with Gasteiger partial charge in [-0.05, 0) is 48.5 Å². The highest BCUT2D eigenvalue weighted by atomic mass is 35.5. The molecule has 0 radical (unpaired) electrons. The molecule has 22 heavy (non-hydrogen) atoms. The molecule has 1 aliphatic heterocycles. The van der Waals surface area contributed by atoms with E-state index >= 15 is 0 Å².